The van der Waals surface area contributed by atoms with E-state index in [4.69, 9.17) is 11.6 Å². The predicted octanol–water partition coefficient (Wildman–Crippen LogP) is 4.07. The van der Waals surface area contributed by atoms with Gasteiger partial charge in [0.1, 0.15) is 4.70 Å². The van der Waals surface area contributed by atoms with Crippen molar-refractivity contribution in [3.8, 4) is 10.4 Å². The third kappa shape index (κ3) is 2.09. The number of thiophene rings is 1. The summed E-state index contributed by atoms with van der Waals surface area (Å²) in [5.41, 5.74) is 1.56. The molecule has 1 N–H and O–H groups in total. The second-order valence-electron chi connectivity index (χ2n) is 3.71. The molecule has 0 bridgehead atoms. The van der Waals surface area contributed by atoms with E-state index in [0.29, 0.717) is 15.2 Å². The van der Waals surface area contributed by atoms with Gasteiger partial charge in [-0.2, -0.15) is 0 Å². The Balaban J connectivity index is 2.25. The van der Waals surface area contributed by atoms with Gasteiger partial charge in [0.2, 0.25) is 0 Å². The fourth-order valence-electron chi connectivity index (χ4n) is 1.70. The van der Waals surface area contributed by atoms with E-state index in [1.165, 1.54) is 17.7 Å². The van der Waals surface area contributed by atoms with E-state index in [2.05, 4.69) is 25.9 Å². The molecule has 2 aromatic heterocycles. The van der Waals surface area contributed by atoms with Crippen molar-refractivity contribution < 1.29 is 0 Å². The summed E-state index contributed by atoms with van der Waals surface area (Å²) in [5.74, 6) is 0. The first-order valence-corrected chi connectivity index (χ1v) is 7.06. The van der Waals surface area contributed by atoms with Gasteiger partial charge >= 0.3 is 0 Å². The van der Waals surface area contributed by atoms with Crippen LogP contribution in [0.25, 0.3) is 20.7 Å². The van der Waals surface area contributed by atoms with E-state index in [0.717, 1.165) is 14.9 Å². The Bertz CT molecular complexity index is 776. The molecule has 0 radical (unpaired) electrons. The van der Waals surface area contributed by atoms with Gasteiger partial charge in [-0.15, -0.1) is 11.3 Å². The molecule has 90 valence electrons. The summed E-state index contributed by atoms with van der Waals surface area (Å²) in [6.45, 7) is 0. The standard InChI is InChI=1S/C12H6BrClN2OS/c13-7-1-6(2-8(14)3-7)10-4-9-11(18-10)12(17)16-5-15-9/h1-5H,(H,15,16,17). The zero-order valence-corrected chi connectivity index (χ0v) is 12.1. The largest absolute Gasteiger partial charge is 0.312 e. The van der Waals surface area contributed by atoms with Gasteiger partial charge < -0.3 is 4.98 Å². The third-order valence-corrected chi connectivity index (χ3v) is 4.31. The highest BCUT2D eigenvalue weighted by molar-refractivity contribution is 9.10. The fourth-order valence-corrected chi connectivity index (χ4v) is 3.56. The molecule has 0 spiro atoms. The first-order chi connectivity index (χ1) is 8.63. The molecule has 0 atom stereocenters. The van der Waals surface area contributed by atoms with Crippen LogP contribution in [0.2, 0.25) is 5.02 Å². The maximum absolute atomic E-state index is 11.6. The summed E-state index contributed by atoms with van der Waals surface area (Å²) in [6, 6.07) is 7.55. The van der Waals surface area contributed by atoms with E-state index in [9.17, 15) is 4.79 Å². The van der Waals surface area contributed by atoms with Crippen molar-refractivity contribution in [2.75, 3.05) is 0 Å². The van der Waals surface area contributed by atoms with Gasteiger partial charge in [0, 0.05) is 14.4 Å². The average Bonchev–Trinajstić information content (AvgIpc) is 2.73. The number of hydrogen-bond acceptors (Lipinski definition) is 3. The van der Waals surface area contributed by atoms with Crippen molar-refractivity contribution >= 4 is 49.1 Å². The molecule has 0 saturated heterocycles. The van der Waals surface area contributed by atoms with Crippen molar-refractivity contribution in [1.82, 2.24) is 9.97 Å². The molecule has 0 aliphatic rings. The minimum absolute atomic E-state index is 0.114. The summed E-state index contributed by atoms with van der Waals surface area (Å²) >= 11 is 10.8. The zero-order valence-electron chi connectivity index (χ0n) is 8.91. The second kappa shape index (κ2) is 4.50. The molecular weight excluding hydrogens is 336 g/mol. The fraction of sp³-hybridized carbons (Fsp3) is 0. The minimum Gasteiger partial charge on any atom is -0.312 e. The van der Waals surface area contributed by atoms with Crippen molar-refractivity contribution in [1.29, 1.82) is 0 Å². The maximum atomic E-state index is 11.6. The quantitative estimate of drug-likeness (QED) is 0.725. The lowest BCUT2D eigenvalue weighted by atomic mass is 10.2. The molecule has 18 heavy (non-hydrogen) atoms. The Hall–Kier alpha value is -1.17. The van der Waals surface area contributed by atoms with Gasteiger partial charge in [0.25, 0.3) is 5.56 Å². The molecule has 1 aromatic carbocycles. The highest BCUT2D eigenvalue weighted by atomic mass is 79.9. The monoisotopic (exact) mass is 340 g/mol. The normalized spacial score (nSPS) is 11.0. The van der Waals surface area contributed by atoms with Crippen molar-refractivity contribution in [3.05, 3.63) is 50.4 Å². The number of hydrogen-bond donors (Lipinski definition) is 1. The first-order valence-electron chi connectivity index (χ1n) is 5.07. The van der Waals surface area contributed by atoms with Crippen molar-refractivity contribution in [2.45, 2.75) is 0 Å². The van der Waals surface area contributed by atoms with E-state index < -0.39 is 0 Å². The lowest BCUT2D eigenvalue weighted by molar-refractivity contribution is 1.18. The van der Waals surface area contributed by atoms with Gasteiger partial charge in [-0.25, -0.2) is 4.98 Å². The molecular formula is C12H6BrClN2OS. The van der Waals surface area contributed by atoms with Gasteiger partial charge in [-0.3, -0.25) is 4.79 Å². The van der Waals surface area contributed by atoms with E-state index in [-0.39, 0.29) is 5.56 Å². The van der Waals surface area contributed by atoms with Gasteiger partial charge in [0.15, 0.2) is 0 Å². The number of nitrogens with one attached hydrogen (secondary N) is 1. The number of H-pyrrole nitrogens is 1. The smallest absolute Gasteiger partial charge is 0.268 e. The predicted molar refractivity (Wildman–Crippen MR) is 78.4 cm³/mol. The molecule has 6 heteroatoms. The summed E-state index contributed by atoms with van der Waals surface area (Å²) in [7, 11) is 0. The highest BCUT2D eigenvalue weighted by Crippen LogP contribution is 2.33. The molecule has 3 nitrogen and oxygen atoms in total. The number of halogens is 2. The van der Waals surface area contributed by atoms with E-state index in [1.807, 2.05) is 24.3 Å². The van der Waals surface area contributed by atoms with Gasteiger partial charge in [-0.1, -0.05) is 27.5 Å². The summed E-state index contributed by atoms with van der Waals surface area (Å²) < 4.78 is 1.54. The van der Waals surface area contributed by atoms with Crippen LogP contribution in [0.5, 0.6) is 0 Å². The van der Waals surface area contributed by atoms with Crippen molar-refractivity contribution in [2.24, 2.45) is 0 Å². The van der Waals surface area contributed by atoms with E-state index in [1.54, 1.807) is 0 Å². The number of fused-ring (bicyclic) bond motifs is 1. The molecule has 2 heterocycles. The van der Waals surface area contributed by atoms with Crippen LogP contribution in [-0.2, 0) is 0 Å². The second-order valence-corrected chi connectivity index (χ2v) is 6.12. The van der Waals surface area contributed by atoms with Crippen LogP contribution >= 0.6 is 38.9 Å². The topological polar surface area (TPSA) is 45.8 Å². The number of aromatic amines is 1. The lowest BCUT2D eigenvalue weighted by Crippen LogP contribution is -2.02. The van der Waals surface area contributed by atoms with Crippen molar-refractivity contribution in [3.63, 3.8) is 0 Å². The molecule has 3 rings (SSSR count). The Morgan fingerprint density at radius 1 is 1.28 bits per heavy atom. The molecule has 3 aromatic rings. The van der Waals surface area contributed by atoms with Crippen LogP contribution in [0.15, 0.2) is 39.9 Å². The molecule has 0 aliphatic carbocycles. The Morgan fingerprint density at radius 3 is 2.83 bits per heavy atom. The van der Waals surface area contributed by atoms with Crippen LogP contribution in [0.3, 0.4) is 0 Å². The molecule has 0 amide bonds. The molecule has 0 fully saturated rings. The van der Waals surface area contributed by atoms with E-state index >= 15 is 0 Å². The number of rotatable bonds is 1. The summed E-state index contributed by atoms with van der Waals surface area (Å²) in [4.78, 5) is 19.3. The number of aromatic nitrogens is 2. The average molecular weight is 342 g/mol. The SMILES string of the molecule is O=c1[nH]cnc2cc(-c3cc(Cl)cc(Br)c3)sc12. The molecule has 0 unspecified atom stereocenters. The summed E-state index contributed by atoms with van der Waals surface area (Å²) in [5, 5.41) is 0.652. The Kier molecular flexibility index (Phi) is 2.97. The number of nitrogens with zero attached hydrogens (tertiary/aromatic N) is 1. The zero-order chi connectivity index (χ0) is 12.7. The Labute approximate surface area is 120 Å². The summed E-state index contributed by atoms with van der Waals surface area (Å²) in [6.07, 6.45) is 1.41. The van der Waals surface area contributed by atoms with Crippen LogP contribution in [0.1, 0.15) is 0 Å². The third-order valence-electron chi connectivity index (χ3n) is 2.47. The lowest BCUT2D eigenvalue weighted by Gasteiger charge is -1.99. The van der Waals surface area contributed by atoms with Crippen LogP contribution in [-0.4, -0.2) is 9.97 Å². The van der Waals surface area contributed by atoms with Crippen LogP contribution in [0, 0.1) is 0 Å². The Morgan fingerprint density at radius 2 is 2.11 bits per heavy atom. The maximum Gasteiger partial charge on any atom is 0.268 e. The number of benzene rings is 1. The molecule has 0 aliphatic heterocycles. The first kappa shape index (κ1) is 11.9. The highest BCUT2D eigenvalue weighted by Gasteiger charge is 2.09. The molecule has 0 saturated carbocycles. The van der Waals surface area contributed by atoms with Crippen LogP contribution in [0.4, 0.5) is 0 Å². The van der Waals surface area contributed by atoms with Crippen LogP contribution < -0.4 is 5.56 Å². The van der Waals surface area contributed by atoms with Gasteiger partial charge in [-0.05, 0) is 29.8 Å². The minimum atomic E-state index is -0.114. The van der Waals surface area contributed by atoms with Gasteiger partial charge in [0.05, 0.1) is 11.8 Å².